The number of ether oxygens (including phenoxy) is 1. The molecule has 0 aliphatic heterocycles. The van der Waals surface area contributed by atoms with Crippen molar-refractivity contribution in [2.24, 2.45) is 0 Å². The smallest absolute Gasteiger partial charge is 0.228 e. The topological polar surface area (TPSA) is 63.6 Å². The number of alkyl halides is 2. The van der Waals surface area contributed by atoms with Crippen LogP contribution in [0.4, 0.5) is 0 Å². The average Bonchev–Trinajstić information content (AvgIpc) is 2.26. The molecule has 0 aliphatic carbocycles. The number of hydrogen-bond acceptors (Lipinski definition) is 4. The Bertz CT molecular complexity index is 484. The van der Waals surface area contributed by atoms with Crippen LogP contribution in [0.3, 0.4) is 0 Å². The first kappa shape index (κ1) is 14.8. The van der Waals surface area contributed by atoms with Crippen LogP contribution < -0.4 is 4.74 Å². The quantitative estimate of drug-likeness (QED) is 0.850. The summed E-state index contributed by atoms with van der Waals surface area (Å²) in [5, 5.41) is 9.95. The van der Waals surface area contributed by atoms with E-state index < -0.39 is 19.1 Å². The third-order valence-corrected chi connectivity index (χ3v) is 6.70. The molecule has 0 unspecified atom stereocenters. The molecule has 0 aromatic heterocycles. The van der Waals surface area contributed by atoms with E-state index in [1.807, 2.05) is 0 Å². The number of methoxy groups -OCH3 is 1. The largest absolute Gasteiger partial charge is 0.497 e. The lowest BCUT2D eigenvalue weighted by atomic mass is 10.1. The van der Waals surface area contributed by atoms with Gasteiger partial charge in [-0.1, -0.05) is 23.7 Å². The fourth-order valence-electron chi connectivity index (χ4n) is 1.18. The van der Waals surface area contributed by atoms with Crippen LogP contribution in [0.5, 0.6) is 5.75 Å². The molecule has 0 aliphatic rings. The number of sulfone groups is 1. The molecule has 4 nitrogen and oxygen atoms in total. The van der Waals surface area contributed by atoms with Gasteiger partial charge in [-0.2, -0.15) is 0 Å². The molecule has 0 fully saturated rings. The van der Waals surface area contributed by atoms with Gasteiger partial charge in [-0.15, -0.1) is 0 Å². The lowest BCUT2D eigenvalue weighted by molar-refractivity contribution is 0.185. The van der Waals surface area contributed by atoms with Crippen LogP contribution in [0.1, 0.15) is 11.7 Å². The fraction of sp³-hybridized carbons (Fsp3) is 0.400. The first-order valence-corrected chi connectivity index (χ1v) is 7.66. The third kappa shape index (κ3) is 3.13. The van der Waals surface area contributed by atoms with E-state index in [4.69, 9.17) is 16.3 Å². The fourth-order valence-corrected chi connectivity index (χ4v) is 2.11. The van der Waals surface area contributed by atoms with Crippen molar-refractivity contribution in [2.45, 2.75) is 9.22 Å². The molecule has 0 radical (unpaired) electrons. The second-order valence-corrected chi connectivity index (χ2v) is 8.75. The first-order chi connectivity index (χ1) is 7.70. The van der Waals surface area contributed by atoms with E-state index in [0.29, 0.717) is 11.3 Å². The zero-order chi connectivity index (χ0) is 13.3. The van der Waals surface area contributed by atoms with Gasteiger partial charge in [0, 0.05) is 6.26 Å². The van der Waals surface area contributed by atoms with Crippen LogP contribution in [0, 0.1) is 0 Å². The molecule has 0 amide bonds. The molecule has 17 heavy (non-hydrogen) atoms. The van der Waals surface area contributed by atoms with Crippen LogP contribution in [-0.2, 0) is 9.84 Å². The lowest BCUT2D eigenvalue weighted by Gasteiger charge is -2.24. The van der Waals surface area contributed by atoms with E-state index >= 15 is 0 Å². The van der Waals surface area contributed by atoms with E-state index in [1.165, 1.54) is 7.11 Å². The molecule has 0 bridgehead atoms. The number of halogens is 2. The first-order valence-electron chi connectivity index (χ1n) is 4.59. The molecular weight excluding hydrogens is 332 g/mol. The molecule has 2 atom stereocenters. The summed E-state index contributed by atoms with van der Waals surface area (Å²) >= 11 is 8.65. The normalized spacial score (nSPS) is 17.2. The molecule has 0 saturated carbocycles. The van der Waals surface area contributed by atoms with Gasteiger partial charge in [-0.05, 0) is 33.6 Å². The second-order valence-electron chi connectivity index (χ2n) is 3.51. The molecule has 1 aromatic rings. The number of hydrogen-bond donors (Lipinski definition) is 1. The number of rotatable bonds is 4. The summed E-state index contributed by atoms with van der Waals surface area (Å²) in [7, 11) is -2.15. The zero-order valence-corrected chi connectivity index (χ0v) is 12.4. The van der Waals surface area contributed by atoms with Crippen LogP contribution >= 0.6 is 27.5 Å². The molecule has 1 N–H and O–H groups in total. The third-order valence-electron chi connectivity index (χ3n) is 2.24. The van der Waals surface area contributed by atoms with E-state index in [9.17, 15) is 13.5 Å². The van der Waals surface area contributed by atoms with Gasteiger partial charge in [0.25, 0.3) is 0 Å². The molecule has 0 spiro atoms. The minimum atomic E-state index is -3.66. The zero-order valence-electron chi connectivity index (χ0n) is 9.22. The van der Waals surface area contributed by atoms with Crippen molar-refractivity contribution in [3.05, 3.63) is 29.8 Å². The SMILES string of the molecule is COc1ccc([C@@H](O)[C@](Cl)(Br)S(C)(=O)=O)cc1. The Kier molecular flexibility index (Phi) is 4.46. The molecule has 1 aromatic carbocycles. The summed E-state index contributed by atoms with van der Waals surface area (Å²) in [5.74, 6) is 0.607. The minimum absolute atomic E-state index is 0.378. The Labute approximate surface area is 114 Å². The van der Waals surface area contributed by atoms with Gasteiger partial charge < -0.3 is 9.84 Å². The van der Waals surface area contributed by atoms with E-state index in [-0.39, 0.29) is 0 Å². The highest BCUT2D eigenvalue weighted by Crippen LogP contribution is 2.42. The summed E-state index contributed by atoms with van der Waals surface area (Å²) in [4.78, 5) is 0. The van der Waals surface area contributed by atoms with Crippen molar-refractivity contribution in [1.29, 1.82) is 0 Å². The molecule has 0 heterocycles. The molecule has 0 saturated heterocycles. The Morgan fingerprint density at radius 2 is 1.88 bits per heavy atom. The van der Waals surface area contributed by atoms with Gasteiger partial charge in [-0.3, -0.25) is 0 Å². The molecule has 7 heteroatoms. The summed E-state index contributed by atoms with van der Waals surface area (Å²) < 4.78 is 25.9. The highest BCUT2D eigenvalue weighted by Gasteiger charge is 2.44. The van der Waals surface area contributed by atoms with Gasteiger partial charge in [0.2, 0.25) is 3.12 Å². The maximum Gasteiger partial charge on any atom is 0.228 e. The van der Waals surface area contributed by atoms with Gasteiger partial charge in [0.05, 0.1) is 7.11 Å². The average molecular weight is 344 g/mol. The van der Waals surface area contributed by atoms with Crippen molar-refractivity contribution >= 4 is 37.4 Å². The summed E-state index contributed by atoms with van der Waals surface area (Å²) in [6.07, 6.45) is -0.438. The minimum Gasteiger partial charge on any atom is -0.497 e. The maximum absolute atomic E-state index is 11.4. The van der Waals surface area contributed by atoms with E-state index in [2.05, 4.69) is 15.9 Å². The number of aliphatic hydroxyl groups excluding tert-OH is 1. The Hall–Kier alpha value is -0.300. The Morgan fingerprint density at radius 3 is 2.24 bits per heavy atom. The van der Waals surface area contributed by atoms with Crippen molar-refractivity contribution in [1.82, 2.24) is 0 Å². The van der Waals surface area contributed by atoms with Crippen molar-refractivity contribution in [3.63, 3.8) is 0 Å². The van der Waals surface area contributed by atoms with Gasteiger partial charge in [0.15, 0.2) is 9.84 Å². The predicted octanol–water partition coefficient (Wildman–Crippen LogP) is 2.06. The van der Waals surface area contributed by atoms with Crippen LogP contribution in [0.15, 0.2) is 24.3 Å². The van der Waals surface area contributed by atoms with Crippen LogP contribution in [-0.4, -0.2) is 30.0 Å². The van der Waals surface area contributed by atoms with Crippen molar-refractivity contribution in [3.8, 4) is 5.75 Å². The van der Waals surface area contributed by atoms with E-state index in [0.717, 1.165) is 6.26 Å². The van der Waals surface area contributed by atoms with Gasteiger partial charge >= 0.3 is 0 Å². The van der Waals surface area contributed by atoms with Crippen molar-refractivity contribution < 1.29 is 18.3 Å². The number of aliphatic hydroxyl groups is 1. The van der Waals surface area contributed by atoms with E-state index in [1.54, 1.807) is 24.3 Å². The predicted molar refractivity (Wildman–Crippen MR) is 70.3 cm³/mol. The highest BCUT2D eigenvalue weighted by atomic mass is 79.9. The maximum atomic E-state index is 11.4. The Morgan fingerprint density at radius 1 is 1.41 bits per heavy atom. The summed E-state index contributed by atoms with van der Waals surface area (Å²) in [6.45, 7) is 0. The Balaban J connectivity index is 3.08. The van der Waals surface area contributed by atoms with Crippen LogP contribution in [0.25, 0.3) is 0 Å². The molecular formula is C10H12BrClO4S. The standard InChI is InChI=1S/C10H12BrClO4S/c1-16-8-5-3-7(4-6-8)9(13)10(11,12)17(2,14)15/h3-6,9,13H,1-2H3/t9-,10-/m1/s1. The molecule has 96 valence electrons. The summed E-state index contributed by atoms with van der Waals surface area (Å²) in [6, 6.07) is 6.32. The van der Waals surface area contributed by atoms with Gasteiger partial charge in [-0.25, -0.2) is 8.42 Å². The number of benzene rings is 1. The second kappa shape index (κ2) is 5.14. The highest BCUT2D eigenvalue weighted by molar-refractivity contribution is 9.12. The molecule has 1 rings (SSSR count). The monoisotopic (exact) mass is 342 g/mol. The summed E-state index contributed by atoms with van der Waals surface area (Å²) in [5.41, 5.74) is 0.378. The van der Waals surface area contributed by atoms with Crippen molar-refractivity contribution in [2.75, 3.05) is 13.4 Å². The van der Waals surface area contributed by atoms with Crippen LogP contribution in [0.2, 0.25) is 0 Å². The lowest BCUT2D eigenvalue weighted by Crippen LogP contribution is -2.32. The van der Waals surface area contributed by atoms with Gasteiger partial charge in [0.1, 0.15) is 11.9 Å².